The summed E-state index contributed by atoms with van der Waals surface area (Å²) in [5.74, 6) is 0.963. The highest BCUT2D eigenvalue weighted by Crippen LogP contribution is 2.32. The van der Waals surface area contributed by atoms with E-state index < -0.39 is 0 Å². The molecule has 0 saturated heterocycles. The van der Waals surface area contributed by atoms with E-state index in [2.05, 4.69) is 50.2 Å². The molecule has 1 nitrogen and oxygen atoms in total. The Labute approximate surface area is 130 Å². The minimum Gasteiger partial charge on any atom is -0.327 e. The zero-order valence-corrected chi connectivity index (χ0v) is 13.6. The highest BCUT2D eigenvalue weighted by molar-refractivity contribution is 7.16. The second-order valence-electron chi connectivity index (χ2n) is 5.40. The number of hydrogen-bond acceptors (Lipinski definition) is 2. The van der Waals surface area contributed by atoms with Crippen LogP contribution in [0.3, 0.4) is 0 Å². The molecule has 1 aromatic heterocycles. The van der Waals surface area contributed by atoms with Crippen molar-refractivity contribution in [1.29, 1.82) is 0 Å². The van der Waals surface area contributed by atoms with Gasteiger partial charge in [-0.25, -0.2) is 0 Å². The quantitative estimate of drug-likeness (QED) is 0.789. The van der Waals surface area contributed by atoms with Crippen molar-refractivity contribution in [3.63, 3.8) is 0 Å². The van der Waals surface area contributed by atoms with Crippen molar-refractivity contribution in [1.82, 2.24) is 0 Å². The molecule has 0 spiro atoms. The molecule has 0 bridgehead atoms. The molecule has 0 saturated carbocycles. The lowest BCUT2D eigenvalue weighted by Gasteiger charge is -2.29. The van der Waals surface area contributed by atoms with Crippen molar-refractivity contribution in [3.8, 4) is 0 Å². The van der Waals surface area contributed by atoms with E-state index in [1.165, 1.54) is 10.4 Å². The van der Waals surface area contributed by atoms with Gasteiger partial charge in [-0.2, -0.15) is 0 Å². The summed E-state index contributed by atoms with van der Waals surface area (Å²) in [5, 5.41) is 0. The van der Waals surface area contributed by atoms with Crippen LogP contribution in [-0.4, -0.2) is 6.04 Å². The fourth-order valence-electron chi connectivity index (χ4n) is 2.75. The summed E-state index contributed by atoms with van der Waals surface area (Å²) in [5.41, 5.74) is 7.88. The lowest BCUT2D eigenvalue weighted by Crippen LogP contribution is -2.34. The molecule has 0 radical (unpaired) electrons. The lowest BCUT2D eigenvalue weighted by molar-refractivity contribution is 0.381. The number of benzene rings is 1. The second kappa shape index (κ2) is 7.26. The number of hydrogen-bond donors (Lipinski definition) is 1. The monoisotopic (exact) mass is 307 g/mol. The third-order valence-electron chi connectivity index (χ3n) is 3.97. The normalized spacial score (nSPS) is 15.8. The van der Waals surface area contributed by atoms with Gasteiger partial charge in [-0.3, -0.25) is 0 Å². The molecule has 0 fully saturated rings. The van der Waals surface area contributed by atoms with Crippen LogP contribution in [0.1, 0.15) is 36.6 Å². The first-order chi connectivity index (χ1) is 9.61. The Hall–Kier alpha value is -0.830. The van der Waals surface area contributed by atoms with Gasteiger partial charge in [-0.1, -0.05) is 62.2 Å². The van der Waals surface area contributed by atoms with Crippen molar-refractivity contribution in [3.05, 3.63) is 57.2 Å². The predicted octanol–water partition coefficient (Wildman–Crippen LogP) is 5.10. The first kappa shape index (κ1) is 15.6. The van der Waals surface area contributed by atoms with Crippen LogP contribution in [0, 0.1) is 5.92 Å². The van der Waals surface area contributed by atoms with Gasteiger partial charge in [0.2, 0.25) is 0 Å². The Morgan fingerprint density at radius 1 is 1.15 bits per heavy atom. The second-order valence-corrected chi connectivity index (χ2v) is 7.20. The standard InChI is InChI=1S/C17H22ClNS/c1-3-12(2)17(13-7-5-4-6-8-13)15(19)11-14-9-10-16(18)20-14/h4-10,12,15,17H,3,11,19H2,1-2H3. The molecule has 2 N–H and O–H groups in total. The first-order valence-corrected chi connectivity index (χ1v) is 8.36. The fourth-order valence-corrected chi connectivity index (χ4v) is 3.91. The SMILES string of the molecule is CCC(C)C(c1ccccc1)C(N)Cc1ccc(Cl)s1. The summed E-state index contributed by atoms with van der Waals surface area (Å²) < 4.78 is 0.840. The van der Waals surface area contributed by atoms with Gasteiger partial charge in [0, 0.05) is 16.8 Å². The number of thiophene rings is 1. The molecule has 20 heavy (non-hydrogen) atoms. The van der Waals surface area contributed by atoms with Crippen LogP contribution in [0.2, 0.25) is 4.34 Å². The van der Waals surface area contributed by atoms with E-state index in [4.69, 9.17) is 17.3 Å². The van der Waals surface area contributed by atoms with Gasteiger partial charge < -0.3 is 5.73 Å². The maximum Gasteiger partial charge on any atom is 0.0931 e. The summed E-state index contributed by atoms with van der Waals surface area (Å²) in [6.07, 6.45) is 2.03. The number of nitrogens with two attached hydrogens (primary N) is 1. The minimum atomic E-state index is 0.127. The van der Waals surface area contributed by atoms with E-state index in [1.54, 1.807) is 11.3 Å². The van der Waals surface area contributed by atoms with Crippen molar-refractivity contribution >= 4 is 22.9 Å². The van der Waals surface area contributed by atoms with Crippen LogP contribution in [0.5, 0.6) is 0 Å². The smallest absolute Gasteiger partial charge is 0.0931 e. The maximum absolute atomic E-state index is 6.53. The zero-order valence-electron chi connectivity index (χ0n) is 12.1. The molecule has 2 rings (SSSR count). The molecule has 3 unspecified atom stereocenters. The summed E-state index contributed by atoms with van der Waals surface area (Å²) in [7, 11) is 0. The van der Waals surface area contributed by atoms with Gasteiger partial charge in [0.1, 0.15) is 0 Å². The van der Waals surface area contributed by atoms with Gasteiger partial charge in [0.15, 0.2) is 0 Å². The van der Waals surface area contributed by atoms with Gasteiger partial charge in [-0.15, -0.1) is 11.3 Å². The van der Waals surface area contributed by atoms with Crippen LogP contribution in [-0.2, 0) is 6.42 Å². The van der Waals surface area contributed by atoms with Crippen LogP contribution < -0.4 is 5.73 Å². The van der Waals surface area contributed by atoms with Gasteiger partial charge >= 0.3 is 0 Å². The van der Waals surface area contributed by atoms with Crippen molar-refractivity contribution < 1.29 is 0 Å². The molecule has 1 heterocycles. The Bertz CT molecular complexity index is 523. The molecule has 108 valence electrons. The molecule has 3 heteroatoms. The van der Waals surface area contributed by atoms with Crippen molar-refractivity contribution in [2.24, 2.45) is 11.7 Å². The van der Waals surface area contributed by atoms with Crippen LogP contribution in [0.4, 0.5) is 0 Å². The van der Waals surface area contributed by atoms with E-state index >= 15 is 0 Å². The summed E-state index contributed by atoms with van der Waals surface area (Å²) in [6.45, 7) is 4.52. The molecular weight excluding hydrogens is 286 g/mol. The minimum absolute atomic E-state index is 0.127. The Morgan fingerprint density at radius 3 is 2.40 bits per heavy atom. The molecule has 1 aromatic carbocycles. The Kier molecular flexibility index (Phi) is 5.64. The molecular formula is C17H22ClNS. The van der Waals surface area contributed by atoms with E-state index in [1.807, 2.05) is 6.07 Å². The fraction of sp³-hybridized carbons (Fsp3) is 0.412. The largest absolute Gasteiger partial charge is 0.327 e. The number of rotatable bonds is 6. The molecule has 0 amide bonds. The van der Waals surface area contributed by atoms with E-state index in [-0.39, 0.29) is 6.04 Å². The molecule has 3 atom stereocenters. The van der Waals surface area contributed by atoms with Crippen LogP contribution in [0.15, 0.2) is 42.5 Å². The highest BCUT2D eigenvalue weighted by atomic mass is 35.5. The summed E-state index contributed by atoms with van der Waals surface area (Å²) in [6, 6.07) is 14.8. The van der Waals surface area contributed by atoms with Gasteiger partial charge in [0.25, 0.3) is 0 Å². The average molecular weight is 308 g/mol. The zero-order chi connectivity index (χ0) is 14.5. The van der Waals surface area contributed by atoms with E-state index in [0.29, 0.717) is 11.8 Å². The summed E-state index contributed by atoms with van der Waals surface area (Å²) >= 11 is 7.64. The highest BCUT2D eigenvalue weighted by Gasteiger charge is 2.25. The van der Waals surface area contributed by atoms with Crippen molar-refractivity contribution in [2.75, 3.05) is 0 Å². The predicted molar refractivity (Wildman–Crippen MR) is 89.6 cm³/mol. The topological polar surface area (TPSA) is 26.0 Å². The van der Waals surface area contributed by atoms with Crippen LogP contribution in [0.25, 0.3) is 0 Å². The van der Waals surface area contributed by atoms with E-state index in [0.717, 1.165) is 17.2 Å². The number of halogens is 1. The Morgan fingerprint density at radius 2 is 1.85 bits per heavy atom. The van der Waals surface area contributed by atoms with E-state index in [9.17, 15) is 0 Å². The van der Waals surface area contributed by atoms with Crippen LogP contribution >= 0.6 is 22.9 Å². The van der Waals surface area contributed by atoms with Gasteiger partial charge in [0.05, 0.1) is 4.34 Å². The molecule has 2 aromatic rings. The average Bonchev–Trinajstić information content (AvgIpc) is 2.85. The lowest BCUT2D eigenvalue weighted by atomic mass is 9.79. The third kappa shape index (κ3) is 3.85. The molecule has 0 aliphatic heterocycles. The first-order valence-electron chi connectivity index (χ1n) is 7.16. The Balaban J connectivity index is 2.18. The van der Waals surface area contributed by atoms with Gasteiger partial charge in [-0.05, 0) is 30.0 Å². The summed E-state index contributed by atoms with van der Waals surface area (Å²) in [4.78, 5) is 1.27. The maximum atomic E-state index is 6.53. The third-order valence-corrected chi connectivity index (χ3v) is 5.22. The van der Waals surface area contributed by atoms with Crippen molar-refractivity contribution in [2.45, 2.75) is 38.6 Å². The molecule has 0 aliphatic carbocycles. The molecule has 0 aliphatic rings.